The molecule has 0 saturated carbocycles. The number of carbonyl (C=O) groups is 1. The first-order valence-electron chi connectivity index (χ1n) is 6.67. The highest BCUT2D eigenvalue weighted by molar-refractivity contribution is 5.73. The summed E-state index contributed by atoms with van der Waals surface area (Å²) in [6.45, 7) is 0.787. The fourth-order valence-electron chi connectivity index (χ4n) is 1.93. The quantitative estimate of drug-likeness (QED) is 0.139. The zero-order valence-electron chi connectivity index (χ0n) is 12.1. The Morgan fingerprint density at radius 2 is 2.09 bits per heavy atom. The molecule has 6 N–H and O–H groups in total. The lowest BCUT2D eigenvalue weighted by molar-refractivity contribution is -0.292. The molecule has 128 valence electrons. The number of aliphatic hydroxyl groups excluding tert-OH is 3. The number of ether oxygens (including phenoxy) is 2. The minimum absolute atomic E-state index is 0.0140. The van der Waals surface area contributed by atoms with Crippen LogP contribution in [0.5, 0.6) is 0 Å². The number of hydrogen-bond donors (Lipinski definition) is 5. The number of hydrogen-bond acceptors (Lipinski definition) is 9. The van der Waals surface area contributed by atoms with Crippen LogP contribution >= 0.6 is 0 Å². The Morgan fingerprint density at radius 3 is 2.68 bits per heavy atom. The van der Waals surface area contributed by atoms with Gasteiger partial charge >= 0.3 is 0 Å². The number of amides is 1. The molecule has 0 radical (unpaired) electrons. The van der Waals surface area contributed by atoms with Gasteiger partial charge in [0.25, 0.3) is 0 Å². The summed E-state index contributed by atoms with van der Waals surface area (Å²) in [5, 5.41) is 31.4. The molecule has 0 aromatic rings. The van der Waals surface area contributed by atoms with Crippen molar-refractivity contribution in [2.75, 3.05) is 19.8 Å². The van der Waals surface area contributed by atoms with Gasteiger partial charge in [-0.05, 0) is 0 Å². The lowest BCUT2D eigenvalue weighted by Crippen LogP contribution is -2.64. The van der Waals surface area contributed by atoms with Crippen LogP contribution in [0.1, 0.15) is 6.92 Å². The molecule has 1 aliphatic rings. The monoisotopic (exact) mass is 322 g/mol. The van der Waals surface area contributed by atoms with Gasteiger partial charge < -0.3 is 40.7 Å². The second-order valence-corrected chi connectivity index (χ2v) is 4.55. The normalized spacial score (nSPS) is 32.1. The van der Waals surface area contributed by atoms with E-state index in [1.54, 1.807) is 0 Å². The zero-order valence-corrected chi connectivity index (χ0v) is 12.1. The number of rotatable bonds is 8. The van der Waals surface area contributed by atoms with Crippen LogP contribution in [0.15, 0.2) is 12.5 Å². The molecule has 0 spiro atoms. The van der Waals surface area contributed by atoms with Crippen molar-refractivity contribution in [1.29, 1.82) is 0 Å². The summed E-state index contributed by atoms with van der Waals surface area (Å²) in [4.78, 5) is 20.4. The second-order valence-electron chi connectivity index (χ2n) is 4.55. The molecule has 22 heavy (non-hydrogen) atoms. The average molecular weight is 322 g/mol. The van der Waals surface area contributed by atoms with Crippen LogP contribution < -0.4 is 11.1 Å². The van der Waals surface area contributed by atoms with Gasteiger partial charge in [-0.25, -0.2) is 0 Å². The highest BCUT2D eigenvalue weighted by Crippen LogP contribution is 2.22. The van der Waals surface area contributed by atoms with E-state index in [0.717, 1.165) is 12.5 Å². The van der Waals surface area contributed by atoms with E-state index in [1.807, 2.05) is 0 Å². The number of nitrogens with one attached hydrogen (secondary N) is 1. The molecule has 0 bridgehead atoms. The summed E-state index contributed by atoms with van der Waals surface area (Å²) in [6.07, 6.45) is -2.52. The van der Waals surface area contributed by atoms with Gasteiger partial charge in [0.2, 0.25) is 5.91 Å². The minimum atomic E-state index is -1.35. The Morgan fingerprint density at radius 1 is 1.36 bits per heavy atom. The lowest BCUT2D eigenvalue weighted by Gasteiger charge is -2.42. The average Bonchev–Trinajstić information content (AvgIpc) is 2.49. The first kappa shape index (κ1) is 18.6. The third-order valence-electron chi connectivity index (χ3n) is 2.90. The predicted molar refractivity (Wildman–Crippen MR) is 71.7 cm³/mol. The fourth-order valence-corrected chi connectivity index (χ4v) is 1.93. The summed E-state index contributed by atoms with van der Waals surface area (Å²) in [7, 11) is 0. The lowest BCUT2D eigenvalue weighted by atomic mass is 9.97. The molecular formula is C12H22N2O8. The van der Waals surface area contributed by atoms with Crippen LogP contribution in [0, 0.1) is 0 Å². The van der Waals surface area contributed by atoms with Crippen LogP contribution in [0.4, 0.5) is 0 Å². The Hall–Kier alpha value is -1.43. The number of nitrogens with two attached hydrogens (primary N) is 1. The van der Waals surface area contributed by atoms with Gasteiger partial charge in [-0.2, -0.15) is 4.89 Å². The van der Waals surface area contributed by atoms with Gasteiger partial charge in [0.05, 0.1) is 13.2 Å². The van der Waals surface area contributed by atoms with E-state index in [1.165, 1.54) is 6.92 Å². The van der Waals surface area contributed by atoms with E-state index in [-0.39, 0.29) is 13.2 Å². The molecule has 1 fully saturated rings. The third-order valence-corrected chi connectivity index (χ3v) is 2.90. The predicted octanol–water partition coefficient (Wildman–Crippen LogP) is -2.68. The summed E-state index contributed by atoms with van der Waals surface area (Å²) in [6, 6.07) is -0.986. The smallest absolute Gasteiger partial charge is 0.217 e. The molecule has 10 heteroatoms. The van der Waals surface area contributed by atoms with Gasteiger partial charge in [-0.3, -0.25) is 4.79 Å². The Bertz CT molecular complexity index is 367. The maximum absolute atomic E-state index is 11.2. The molecule has 0 aliphatic carbocycles. The maximum Gasteiger partial charge on any atom is 0.217 e. The Labute approximate surface area is 127 Å². The summed E-state index contributed by atoms with van der Waals surface area (Å²) in [5.41, 5.74) is 5.03. The van der Waals surface area contributed by atoms with Crippen LogP contribution in [0.25, 0.3) is 0 Å². The molecule has 1 heterocycles. The fraction of sp³-hybridized carbons (Fsp3) is 0.750. The van der Waals surface area contributed by atoms with Crippen molar-refractivity contribution in [3.63, 3.8) is 0 Å². The molecular weight excluding hydrogens is 300 g/mol. The van der Waals surface area contributed by atoms with Crippen molar-refractivity contribution in [3.8, 4) is 0 Å². The Kier molecular flexibility index (Phi) is 8.09. The van der Waals surface area contributed by atoms with Gasteiger partial charge in [-0.15, -0.1) is 0 Å². The van der Waals surface area contributed by atoms with Crippen LogP contribution in [0.2, 0.25) is 0 Å². The third kappa shape index (κ3) is 5.40. The first-order valence-corrected chi connectivity index (χ1v) is 6.67. The second kappa shape index (κ2) is 9.56. The highest BCUT2D eigenvalue weighted by atomic mass is 17.2. The highest BCUT2D eigenvalue weighted by Gasteiger charge is 2.45. The first-order chi connectivity index (χ1) is 10.5. The summed E-state index contributed by atoms with van der Waals surface area (Å²) >= 11 is 0. The van der Waals surface area contributed by atoms with E-state index in [4.69, 9.17) is 20.3 Å². The van der Waals surface area contributed by atoms with E-state index >= 15 is 0 Å². The van der Waals surface area contributed by atoms with Gasteiger partial charge in [0.1, 0.15) is 37.2 Å². The van der Waals surface area contributed by atoms with Crippen LogP contribution in [0.3, 0.4) is 0 Å². The minimum Gasteiger partial charge on any atom is -0.402 e. The van der Waals surface area contributed by atoms with Crippen molar-refractivity contribution in [3.05, 3.63) is 12.5 Å². The summed E-state index contributed by atoms with van der Waals surface area (Å²) < 4.78 is 10.7. The molecule has 5 atom stereocenters. The number of carbonyl (C=O) groups excluding carboxylic acids is 1. The van der Waals surface area contributed by atoms with E-state index < -0.39 is 43.2 Å². The van der Waals surface area contributed by atoms with Crippen molar-refractivity contribution >= 4 is 5.91 Å². The molecule has 1 saturated heterocycles. The molecule has 10 nitrogen and oxygen atoms in total. The van der Waals surface area contributed by atoms with Crippen LogP contribution in [-0.4, -0.2) is 71.7 Å². The molecule has 1 amide bonds. The van der Waals surface area contributed by atoms with Crippen molar-refractivity contribution in [2.24, 2.45) is 5.73 Å². The Balaban J connectivity index is 2.55. The van der Waals surface area contributed by atoms with E-state index in [2.05, 4.69) is 15.1 Å². The van der Waals surface area contributed by atoms with Gasteiger partial charge in [0, 0.05) is 13.1 Å². The molecule has 1 aliphatic heterocycles. The SMILES string of the molecule is CC(=O)NC1C(OCCOO/C=C/N)OC(CO)C(O)C1O. The molecule has 5 unspecified atom stereocenters. The van der Waals surface area contributed by atoms with Crippen LogP contribution in [-0.2, 0) is 24.0 Å². The van der Waals surface area contributed by atoms with E-state index in [0.29, 0.717) is 0 Å². The van der Waals surface area contributed by atoms with E-state index in [9.17, 15) is 15.0 Å². The molecule has 0 aromatic carbocycles. The van der Waals surface area contributed by atoms with Crippen molar-refractivity contribution in [1.82, 2.24) is 5.32 Å². The molecule has 0 aromatic heterocycles. The van der Waals surface area contributed by atoms with Gasteiger partial charge in [-0.1, -0.05) is 0 Å². The zero-order chi connectivity index (χ0) is 16.5. The largest absolute Gasteiger partial charge is 0.402 e. The summed E-state index contributed by atoms with van der Waals surface area (Å²) in [5.74, 6) is -0.427. The van der Waals surface area contributed by atoms with Crippen molar-refractivity contribution in [2.45, 2.75) is 37.6 Å². The standard InChI is InChI=1S/C12H22N2O8/c1-7(16)14-9-11(18)10(17)8(6-15)22-12(9)19-4-5-21-20-3-2-13/h2-3,8-12,15,17-18H,4-6,13H2,1H3,(H,14,16)/b3-2+. The number of aliphatic hydroxyl groups is 3. The van der Waals surface area contributed by atoms with Gasteiger partial charge in [0.15, 0.2) is 6.29 Å². The van der Waals surface area contributed by atoms with Crippen molar-refractivity contribution < 1.29 is 39.4 Å². The molecule has 1 rings (SSSR count). The topological polar surface area (TPSA) is 153 Å². The maximum atomic E-state index is 11.2.